The summed E-state index contributed by atoms with van der Waals surface area (Å²) in [5.74, 6) is 2.68. The Kier molecular flexibility index (Phi) is 3.22. The van der Waals surface area contributed by atoms with Gasteiger partial charge < -0.3 is 9.73 Å². The van der Waals surface area contributed by atoms with Gasteiger partial charge in [0.1, 0.15) is 0 Å². The Morgan fingerprint density at radius 2 is 2.28 bits per heavy atom. The Labute approximate surface area is 115 Å². The van der Waals surface area contributed by atoms with Crippen molar-refractivity contribution in [3.05, 3.63) is 22.6 Å². The Hall–Kier alpha value is -0.770. The zero-order valence-corrected chi connectivity index (χ0v) is 12.1. The molecular weight excluding hydrogens is 294 g/mol. The molecule has 1 amide bonds. The van der Waals surface area contributed by atoms with E-state index >= 15 is 0 Å². The SMILES string of the molecule is C[C@H](NC(=O)c1ccc(Br)o1)[C@@H]1C[C@H]2CC[C@H]1C2. The predicted molar refractivity (Wildman–Crippen MR) is 72.3 cm³/mol. The summed E-state index contributed by atoms with van der Waals surface area (Å²) in [4.78, 5) is 12.0. The van der Waals surface area contributed by atoms with Crippen LogP contribution in [0.1, 0.15) is 43.2 Å². The fraction of sp³-hybridized carbons (Fsp3) is 0.643. The molecule has 0 unspecified atom stereocenters. The summed E-state index contributed by atoms with van der Waals surface area (Å²) in [6, 6.07) is 3.70. The summed E-state index contributed by atoms with van der Waals surface area (Å²) in [5, 5.41) is 3.08. The molecule has 0 radical (unpaired) electrons. The van der Waals surface area contributed by atoms with E-state index in [0.29, 0.717) is 16.3 Å². The van der Waals surface area contributed by atoms with Crippen LogP contribution in [0, 0.1) is 17.8 Å². The molecule has 0 spiro atoms. The molecule has 0 aliphatic heterocycles. The number of hydrogen-bond donors (Lipinski definition) is 1. The second-order valence-electron chi connectivity index (χ2n) is 5.70. The highest BCUT2D eigenvalue weighted by molar-refractivity contribution is 9.10. The highest BCUT2D eigenvalue weighted by Crippen LogP contribution is 2.49. The number of carbonyl (C=O) groups is 1. The third-order valence-electron chi connectivity index (χ3n) is 4.59. The smallest absolute Gasteiger partial charge is 0.287 e. The number of amides is 1. The first-order valence-electron chi connectivity index (χ1n) is 6.69. The fourth-order valence-electron chi connectivity index (χ4n) is 3.73. The van der Waals surface area contributed by atoms with Crippen LogP contribution in [0.15, 0.2) is 21.2 Å². The predicted octanol–water partition coefficient (Wildman–Crippen LogP) is 3.60. The van der Waals surface area contributed by atoms with Crippen LogP contribution >= 0.6 is 15.9 Å². The van der Waals surface area contributed by atoms with Crippen molar-refractivity contribution >= 4 is 21.8 Å². The first-order chi connectivity index (χ1) is 8.63. The molecule has 1 aromatic heterocycles. The quantitative estimate of drug-likeness (QED) is 0.926. The van der Waals surface area contributed by atoms with Gasteiger partial charge in [-0.1, -0.05) is 6.42 Å². The largest absolute Gasteiger partial charge is 0.444 e. The van der Waals surface area contributed by atoms with Gasteiger partial charge in [-0.2, -0.15) is 0 Å². The Morgan fingerprint density at radius 1 is 1.44 bits per heavy atom. The molecule has 3 nitrogen and oxygen atoms in total. The number of hydrogen-bond acceptors (Lipinski definition) is 2. The molecule has 2 saturated carbocycles. The summed E-state index contributed by atoms with van der Waals surface area (Å²) in [7, 11) is 0. The first-order valence-corrected chi connectivity index (χ1v) is 7.49. The average molecular weight is 312 g/mol. The summed E-state index contributed by atoms with van der Waals surface area (Å²) >= 11 is 3.21. The molecule has 2 fully saturated rings. The van der Waals surface area contributed by atoms with Crippen LogP contribution in [0.2, 0.25) is 0 Å². The average Bonchev–Trinajstić information content (AvgIpc) is 3.03. The molecule has 2 aliphatic carbocycles. The van der Waals surface area contributed by atoms with Crippen molar-refractivity contribution in [2.45, 2.75) is 38.6 Å². The molecule has 1 aromatic rings. The van der Waals surface area contributed by atoms with Gasteiger partial charge in [-0.25, -0.2) is 0 Å². The lowest BCUT2D eigenvalue weighted by Crippen LogP contribution is -2.39. The number of nitrogens with one attached hydrogen (secondary N) is 1. The van der Waals surface area contributed by atoms with Gasteiger partial charge in [0.05, 0.1) is 0 Å². The van der Waals surface area contributed by atoms with Gasteiger partial charge in [-0.05, 0) is 72.0 Å². The minimum atomic E-state index is -0.101. The van der Waals surface area contributed by atoms with Gasteiger partial charge in [0.25, 0.3) is 5.91 Å². The van der Waals surface area contributed by atoms with Crippen molar-refractivity contribution < 1.29 is 9.21 Å². The summed E-state index contributed by atoms with van der Waals surface area (Å²) in [5.41, 5.74) is 0. The first kappa shape index (κ1) is 12.3. The molecule has 4 atom stereocenters. The number of carbonyl (C=O) groups excluding carboxylic acids is 1. The van der Waals surface area contributed by atoms with Crippen LogP contribution in [-0.2, 0) is 0 Å². The molecule has 2 bridgehead atoms. The molecule has 1 N–H and O–H groups in total. The Balaban J connectivity index is 1.61. The number of furan rings is 1. The van der Waals surface area contributed by atoms with E-state index in [1.165, 1.54) is 25.7 Å². The van der Waals surface area contributed by atoms with E-state index in [9.17, 15) is 4.79 Å². The molecule has 1 heterocycles. The second-order valence-corrected chi connectivity index (χ2v) is 6.49. The fourth-order valence-corrected chi connectivity index (χ4v) is 4.03. The van der Waals surface area contributed by atoms with Crippen LogP contribution < -0.4 is 5.32 Å². The molecule has 18 heavy (non-hydrogen) atoms. The van der Waals surface area contributed by atoms with Gasteiger partial charge in [-0.3, -0.25) is 4.79 Å². The van der Waals surface area contributed by atoms with Crippen molar-refractivity contribution in [3.63, 3.8) is 0 Å². The van der Waals surface area contributed by atoms with E-state index in [2.05, 4.69) is 28.2 Å². The lowest BCUT2D eigenvalue weighted by Gasteiger charge is -2.28. The highest BCUT2D eigenvalue weighted by Gasteiger charge is 2.42. The lowest BCUT2D eigenvalue weighted by atomic mass is 9.84. The number of fused-ring (bicyclic) bond motifs is 2. The van der Waals surface area contributed by atoms with Crippen LogP contribution in [0.4, 0.5) is 0 Å². The third kappa shape index (κ3) is 2.22. The van der Waals surface area contributed by atoms with Crippen molar-refractivity contribution in [3.8, 4) is 0 Å². The zero-order chi connectivity index (χ0) is 12.7. The highest BCUT2D eigenvalue weighted by atomic mass is 79.9. The maximum absolute atomic E-state index is 12.0. The van der Waals surface area contributed by atoms with E-state index in [-0.39, 0.29) is 11.9 Å². The molecule has 4 heteroatoms. The van der Waals surface area contributed by atoms with Crippen LogP contribution in [0.5, 0.6) is 0 Å². The second kappa shape index (κ2) is 4.72. The standard InChI is InChI=1S/C14H18BrNO2/c1-8(11-7-9-2-3-10(11)6-9)16-14(17)12-4-5-13(15)18-12/h4-5,8-11H,2-3,6-7H2,1H3,(H,16,17)/t8-,9-,10-,11-/m0/s1. The molecule has 0 aromatic carbocycles. The third-order valence-corrected chi connectivity index (χ3v) is 5.02. The van der Waals surface area contributed by atoms with Crippen molar-refractivity contribution in [1.29, 1.82) is 0 Å². The number of rotatable bonds is 3. The maximum Gasteiger partial charge on any atom is 0.287 e. The molecule has 2 aliphatic rings. The number of halogens is 1. The van der Waals surface area contributed by atoms with Crippen molar-refractivity contribution in [1.82, 2.24) is 5.32 Å². The monoisotopic (exact) mass is 311 g/mol. The van der Waals surface area contributed by atoms with Crippen molar-refractivity contribution in [2.75, 3.05) is 0 Å². The molecule has 98 valence electrons. The van der Waals surface area contributed by atoms with Gasteiger partial charge in [0, 0.05) is 6.04 Å². The van der Waals surface area contributed by atoms with Crippen molar-refractivity contribution in [2.24, 2.45) is 17.8 Å². The Bertz CT molecular complexity index is 456. The molecular formula is C14H18BrNO2. The van der Waals surface area contributed by atoms with Gasteiger partial charge in [-0.15, -0.1) is 0 Å². The van der Waals surface area contributed by atoms with Gasteiger partial charge in [0.15, 0.2) is 10.4 Å². The molecule has 3 rings (SSSR count). The van der Waals surface area contributed by atoms with E-state index in [1.54, 1.807) is 12.1 Å². The van der Waals surface area contributed by atoms with E-state index in [4.69, 9.17) is 4.42 Å². The summed E-state index contributed by atoms with van der Waals surface area (Å²) in [6.07, 6.45) is 5.40. The Morgan fingerprint density at radius 3 is 2.83 bits per heavy atom. The zero-order valence-electron chi connectivity index (χ0n) is 10.5. The summed E-state index contributed by atoms with van der Waals surface area (Å²) < 4.78 is 5.87. The lowest BCUT2D eigenvalue weighted by molar-refractivity contribution is 0.0886. The van der Waals surface area contributed by atoms with Crippen LogP contribution in [0.3, 0.4) is 0 Å². The molecule has 0 saturated heterocycles. The maximum atomic E-state index is 12.0. The van der Waals surface area contributed by atoms with Crippen LogP contribution in [-0.4, -0.2) is 11.9 Å². The van der Waals surface area contributed by atoms with Crippen LogP contribution in [0.25, 0.3) is 0 Å². The normalized spacial score (nSPS) is 31.6. The van der Waals surface area contributed by atoms with E-state index in [0.717, 1.165) is 11.8 Å². The van der Waals surface area contributed by atoms with E-state index in [1.807, 2.05) is 0 Å². The topological polar surface area (TPSA) is 42.2 Å². The van der Waals surface area contributed by atoms with E-state index < -0.39 is 0 Å². The minimum Gasteiger partial charge on any atom is -0.444 e. The minimum absolute atomic E-state index is 0.101. The summed E-state index contributed by atoms with van der Waals surface area (Å²) in [6.45, 7) is 2.13. The van der Waals surface area contributed by atoms with Gasteiger partial charge >= 0.3 is 0 Å². The van der Waals surface area contributed by atoms with Gasteiger partial charge in [0.2, 0.25) is 0 Å².